The van der Waals surface area contributed by atoms with E-state index in [1.165, 1.54) is 30.3 Å². The van der Waals surface area contributed by atoms with Gasteiger partial charge in [0.2, 0.25) is 5.91 Å². The maximum Gasteiger partial charge on any atom is 0.321 e. The summed E-state index contributed by atoms with van der Waals surface area (Å²) in [5.41, 5.74) is 1.36. The van der Waals surface area contributed by atoms with Gasteiger partial charge in [-0.15, -0.1) is 0 Å². The summed E-state index contributed by atoms with van der Waals surface area (Å²) < 4.78 is 24.0. The number of hydrogen-bond acceptors (Lipinski definition) is 4. The van der Waals surface area contributed by atoms with Crippen LogP contribution in [0.2, 0.25) is 0 Å². The topological polar surface area (TPSA) is 71.1 Å². The second kappa shape index (κ2) is 11.2. The van der Waals surface area contributed by atoms with E-state index in [9.17, 15) is 14.0 Å². The molecule has 2 aromatic rings. The minimum atomic E-state index is -0.359. The van der Waals surface area contributed by atoms with Crippen molar-refractivity contribution in [3.63, 3.8) is 0 Å². The van der Waals surface area contributed by atoms with Crippen LogP contribution in [0.25, 0.3) is 6.08 Å². The summed E-state index contributed by atoms with van der Waals surface area (Å²) in [5, 5.41) is 2.74. The molecule has 1 heterocycles. The van der Waals surface area contributed by atoms with E-state index < -0.39 is 0 Å². The Kier molecular flexibility index (Phi) is 8.08. The van der Waals surface area contributed by atoms with Gasteiger partial charge in [0, 0.05) is 37.9 Å². The van der Waals surface area contributed by atoms with E-state index in [4.69, 9.17) is 9.47 Å². The lowest BCUT2D eigenvalue weighted by Gasteiger charge is -2.34. The third-order valence-corrected chi connectivity index (χ3v) is 5.04. The van der Waals surface area contributed by atoms with Crippen LogP contribution in [0.1, 0.15) is 18.9 Å². The van der Waals surface area contributed by atoms with Gasteiger partial charge >= 0.3 is 6.03 Å². The number of halogens is 1. The van der Waals surface area contributed by atoms with Crippen molar-refractivity contribution in [2.75, 3.05) is 45.2 Å². The fraction of sp³-hybridized carbons (Fsp3) is 0.333. The average molecular weight is 442 g/mol. The average Bonchev–Trinajstić information content (AvgIpc) is 2.82. The first kappa shape index (κ1) is 23.1. The van der Waals surface area contributed by atoms with E-state index in [0.717, 1.165) is 12.0 Å². The molecule has 0 aromatic heterocycles. The highest BCUT2D eigenvalue weighted by atomic mass is 19.1. The fourth-order valence-electron chi connectivity index (χ4n) is 3.26. The molecule has 0 atom stereocenters. The lowest BCUT2D eigenvalue weighted by molar-refractivity contribution is -0.127. The Hall–Kier alpha value is -3.55. The van der Waals surface area contributed by atoms with Crippen LogP contribution in [0.15, 0.2) is 48.5 Å². The minimum Gasteiger partial charge on any atom is -0.493 e. The highest BCUT2D eigenvalue weighted by Crippen LogP contribution is 2.28. The van der Waals surface area contributed by atoms with Crippen LogP contribution in [0.3, 0.4) is 0 Å². The van der Waals surface area contributed by atoms with E-state index in [2.05, 4.69) is 5.32 Å². The highest BCUT2D eigenvalue weighted by Gasteiger charge is 2.23. The van der Waals surface area contributed by atoms with E-state index in [-0.39, 0.29) is 17.8 Å². The van der Waals surface area contributed by atoms with E-state index in [1.807, 2.05) is 25.1 Å². The molecule has 2 aromatic carbocycles. The molecule has 0 unspecified atom stereocenters. The predicted octanol–water partition coefficient (Wildman–Crippen LogP) is 4.01. The van der Waals surface area contributed by atoms with Gasteiger partial charge in [0.1, 0.15) is 5.82 Å². The maximum absolute atomic E-state index is 13.0. The standard InChI is InChI=1S/C24H28FN3O4/c1-3-16-32-21-10-4-18(17-22(21)31-2)5-11-23(29)27-12-14-28(15-13-27)24(30)26-20-8-6-19(25)7-9-20/h4-11,17H,3,12-16H2,1-2H3,(H,26,30)/b11-5+. The molecule has 8 heteroatoms. The molecule has 0 saturated carbocycles. The number of rotatable bonds is 7. The Balaban J connectivity index is 1.51. The van der Waals surface area contributed by atoms with Crippen LogP contribution in [0, 0.1) is 5.82 Å². The highest BCUT2D eigenvalue weighted by molar-refractivity contribution is 5.92. The quantitative estimate of drug-likeness (QED) is 0.659. The van der Waals surface area contributed by atoms with Crippen molar-refractivity contribution >= 4 is 23.7 Å². The number of urea groups is 1. The number of nitrogens with zero attached hydrogens (tertiary/aromatic N) is 2. The van der Waals surface area contributed by atoms with E-state index >= 15 is 0 Å². The van der Waals surface area contributed by atoms with Crippen molar-refractivity contribution in [3.8, 4) is 11.5 Å². The smallest absolute Gasteiger partial charge is 0.321 e. The Morgan fingerprint density at radius 1 is 1.03 bits per heavy atom. The molecule has 0 spiro atoms. The molecule has 0 radical (unpaired) electrons. The molecule has 0 bridgehead atoms. The van der Waals surface area contributed by atoms with Gasteiger partial charge in [-0.1, -0.05) is 13.0 Å². The van der Waals surface area contributed by atoms with Gasteiger partial charge in [-0.3, -0.25) is 4.79 Å². The molecule has 170 valence electrons. The SMILES string of the molecule is CCCOc1ccc(/C=C/C(=O)N2CCN(C(=O)Nc3ccc(F)cc3)CC2)cc1OC. The molecular formula is C24H28FN3O4. The van der Waals surface area contributed by atoms with Gasteiger partial charge in [-0.05, 0) is 54.5 Å². The second-order valence-electron chi connectivity index (χ2n) is 7.34. The summed E-state index contributed by atoms with van der Waals surface area (Å²) >= 11 is 0. The van der Waals surface area contributed by atoms with Gasteiger partial charge in [0.15, 0.2) is 11.5 Å². The van der Waals surface area contributed by atoms with Crippen molar-refractivity contribution < 1.29 is 23.5 Å². The lowest BCUT2D eigenvalue weighted by atomic mass is 10.2. The number of anilines is 1. The molecule has 3 rings (SSSR count). The largest absolute Gasteiger partial charge is 0.493 e. The Bertz CT molecular complexity index is 954. The Morgan fingerprint density at radius 3 is 2.38 bits per heavy atom. The number of piperazine rings is 1. The molecule has 1 fully saturated rings. The zero-order valence-corrected chi connectivity index (χ0v) is 18.3. The number of carbonyl (C=O) groups excluding carboxylic acids is 2. The van der Waals surface area contributed by atoms with Crippen molar-refractivity contribution in [1.29, 1.82) is 0 Å². The number of amides is 3. The summed E-state index contributed by atoms with van der Waals surface area (Å²) in [7, 11) is 1.58. The molecule has 1 saturated heterocycles. The zero-order valence-electron chi connectivity index (χ0n) is 18.3. The first-order valence-corrected chi connectivity index (χ1v) is 10.6. The zero-order chi connectivity index (χ0) is 22.9. The number of ether oxygens (including phenoxy) is 2. The molecule has 7 nitrogen and oxygen atoms in total. The Morgan fingerprint density at radius 2 is 1.72 bits per heavy atom. The first-order chi connectivity index (χ1) is 15.5. The van der Waals surface area contributed by atoms with Gasteiger partial charge in [-0.2, -0.15) is 0 Å². The van der Waals surface area contributed by atoms with Crippen molar-refractivity contribution in [1.82, 2.24) is 9.80 Å². The van der Waals surface area contributed by atoms with Crippen molar-refractivity contribution in [2.24, 2.45) is 0 Å². The minimum absolute atomic E-state index is 0.117. The van der Waals surface area contributed by atoms with E-state index in [1.54, 1.807) is 23.0 Å². The van der Waals surface area contributed by atoms with Crippen LogP contribution >= 0.6 is 0 Å². The first-order valence-electron chi connectivity index (χ1n) is 10.6. The Labute approximate surface area is 187 Å². The van der Waals surface area contributed by atoms with Crippen LogP contribution in [-0.2, 0) is 4.79 Å². The number of hydrogen-bond donors (Lipinski definition) is 1. The van der Waals surface area contributed by atoms with Crippen LogP contribution in [0.5, 0.6) is 11.5 Å². The van der Waals surface area contributed by atoms with Crippen LogP contribution in [0.4, 0.5) is 14.9 Å². The molecule has 3 amide bonds. The van der Waals surface area contributed by atoms with Crippen LogP contribution < -0.4 is 14.8 Å². The molecular weight excluding hydrogens is 413 g/mol. The third-order valence-electron chi connectivity index (χ3n) is 5.04. The van der Waals surface area contributed by atoms with Crippen molar-refractivity contribution in [2.45, 2.75) is 13.3 Å². The van der Waals surface area contributed by atoms with Crippen LogP contribution in [-0.4, -0.2) is 61.6 Å². The summed E-state index contributed by atoms with van der Waals surface area (Å²) in [5.74, 6) is 0.818. The molecule has 1 aliphatic rings. The number of carbonyl (C=O) groups is 2. The van der Waals surface area contributed by atoms with Gasteiger partial charge < -0.3 is 24.6 Å². The lowest BCUT2D eigenvalue weighted by Crippen LogP contribution is -2.51. The van der Waals surface area contributed by atoms with Gasteiger partial charge in [0.05, 0.1) is 13.7 Å². The monoisotopic (exact) mass is 441 g/mol. The third kappa shape index (κ3) is 6.23. The van der Waals surface area contributed by atoms with Gasteiger partial charge in [-0.25, -0.2) is 9.18 Å². The summed E-state index contributed by atoms with van der Waals surface area (Å²) in [4.78, 5) is 28.3. The number of methoxy groups -OCH3 is 1. The van der Waals surface area contributed by atoms with Crippen molar-refractivity contribution in [3.05, 3.63) is 59.9 Å². The normalized spacial score (nSPS) is 13.8. The molecule has 32 heavy (non-hydrogen) atoms. The predicted molar refractivity (Wildman–Crippen MR) is 121 cm³/mol. The van der Waals surface area contributed by atoms with E-state index in [0.29, 0.717) is 50.0 Å². The fourth-order valence-corrected chi connectivity index (χ4v) is 3.26. The summed E-state index contributed by atoms with van der Waals surface area (Å²) in [6.45, 7) is 4.36. The molecule has 0 aliphatic carbocycles. The second-order valence-corrected chi connectivity index (χ2v) is 7.34. The summed E-state index contributed by atoms with van der Waals surface area (Å²) in [6, 6.07) is 10.9. The summed E-state index contributed by atoms with van der Waals surface area (Å²) in [6.07, 6.45) is 4.16. The molecule has 1 aliphatic heterocycles. The maximum atomic E-state index is 13.0. The number of nitrogens with one attached hydrogen (secondary N) is 1. The number of benzene rings is 2. The van der Waals surface area contributed by atoms with Gasteiger partial charge in [0.25, 0.3) is 0 Å². The molecule has 1 N–H and O–H groups in total.